The Hall–Kier alpha value is -0.850. The van der Waals surface area contributed by atoms with Gasteiger partial charge in [0.15, 0.2) is 0 Å². The molecule has 0 atom stereocenters. The lowest BCUT2D eigenvalue weighted by atomic mass is 11.0. The van der Waals surface area contributed by atoms with E-state index in [4.69, 9.17) is 17.4 Å². The number of guanidine groups is 1. The largest absolute Gasteiger partial charge is 0.368 e. The van der Waals surface area contributed by atoms with Crippen molar-refractivity contribution < 1.29 is 0 Å². The van der Waals surface area contributed by atoms with Crippen LogP contribution in [0.15, 0.2) is 4.99 Å². The van der Waals surface area contributed by atoms with E-state index in [2.05, 4.69) is 4.99 Å². The van der Waals surface area contributed by atoms with Crippen molar-refractivity contribution in [2.45, 2.75) is 0 Å². The van der Waals surface area contributed by atoms with E-state index >= 15 is 0 Å². The number of rotatable bonds is 0. The molecule has 8 heavy (non-hydrogen) atoms. The van der Waals surface area contributed by atoms with Crippen molar-refractivity contribution in [2.24, 2.45) is 22.4 Å². The Kier molecular flexibility index (Phi) is 1.05. The molecule has 6 N–H and O–H groups in total. The smallest absolute Gasteiger partial charge is 0.224 e. The molecule has 0 radical (unpaired) electrons. The quantitative estimate of drug-likeness (QED) is 0.305. The van der Waals surface area contributed by atoms with Crippen molar-refractivity contribution in [1.82, 2.24) is 10.2 Å². The lowest BCUT2D eigenvalue weighted by molar-refractivity contribution is 0.0686. The van der Waals surface area contributed by atoms with E-state index in [1.807, 2.05) is 0 Å². The second-order valence-corrected chi connectivity index (χ2v) is 1.44. The molecule has 1 aliphatic rings. The van der Waals surface area contributed by atoms with Crippen LogP contribution in [0.4, 0.5) is 0 Å². The molecular formula is C2H8N6. The maximum atomic E-state index is 5.21. The lowest BCUT2D eigenvalue weighted by Gasteiger charge is -2.17. The zero-order chi connectivity index (χ0) is 6.15. The Bertz CT molecular complexity index is 118. The highest BCUT2D eigenvalue weighted by atomic mass is 15.9. The second-order valence-electron chi connectivity index (χ2n) is 1.44. The van der Waals surface area contributed by atoms with Crippen molar-refractivity contribution in [2.75, 3.05) is 6.67 Å². The topological polar surface area (TPSA) is 96.9 Å². The number of hydrogen-bond donors (Lipinski definition) is 3. The minimum atomic E-state index is 0.243. The molecule has 6 nitrogen and oxygen atoms in total. The van der Waals surface area contributed by atoms with Gasteiger partial charge in [-0.25, -0.2) is 16.7 Å². The van der Waals surface area contributed by atoms with Crippen molar-refractivity contribution in [3.8, 4) is 0 Å². The fourth-order valence-corrected chi connectivity index (χ4v) is 0.417. The normalized spacial score (nSPS) is 21.8. The maximum absolute atomic E-state index is 5.21. The zero-order valence-corrected chi connectivity index (χ0v) is 4.28. The van der Waals surface area contributed by atoms with Gasteiger partial charge in [0.1, 0.15) is 6.67 Å². The van der Waals surface area contributed by atoms with Gasteiger partial charge in [0.25, 0.3) is 0 Å². The van der Waals surface area contributed by atoms with Gasteiger partial charge in [0.05, 0.1) is 0 Å². The average molecular weight is 116 g/mol. The van der Waals surface area contributed by atoms with Crippen LogP contribution in [0.1, 0.15) is 0 Å². The number of aliphatic imine (C=N–C) groups is 1. The summed E-state index contributed by atoms with van der Waals surface area (Å²) >= 11 is 0. The predicted octanol–water partition coefficient (Wildman–Crippen LogP) is -2.46. The molecule has 0 aromatic rings. The molecule has 6 heteroatoms. The third-order valence-electron chi connectivity index (χ3n) is 0.889. The van der Waals surface area contributed by atoms with E-state index in [-0.39, 0.29) is 5.96 Å². The molecule has 0 spiro atoms. The predicted molar refractivity (Wildman–Crippen MR) is 28.5 cm³/mol. The maximum Gasteiger partial charge on any atom is 0.224 e. The van der Waals surface area contributed by atoms with E-state index in [1.54, 1.807) is 0 Å². The Morgan fingerprint density at radius 1 is 1.50 bits per heavy atom. The van der Waals surface area contributed by atoms with Gasteiger partial charge in [-0.05, 0) is 0 Å². The molecule has 0 aromatic carbocycles. The summed E-state index contributed by atoms with van der Waals surface area (Å²) < 4.78 is 0. The number of hydrazine groups is 3. The Morgan fingerprint density at radius 2 is 2.12 bits per heavy atom. The van der Waals surface area contributed by atoms with Gasteiger partial charge in [-0.2, -0.15) is 5.12 Å². The first-order valence-electron chi connectivity index (χ1n) is 2.08. The first-order chi connectivity index (χ1) is 3.72. The van der Waals surface area contributed by atoms with Crippen molar-refractivity contribution in [3.05, 3.63) is 0 Å². The molecule has 1 heterocycles. The molecule has 0 aliphatic carbocycles. The van der Waals surface area contributed by atoms with Crippen LogP contribution in [-0.4, -0.2) is 22.9 Å². The highest BCUT2D eigenvalue weighted by Crippen LogP contribution is 1.91. The zero-order valence-electron chi connectivity index (χ0n) is 4.28. The number of nitrogens with two attached hydrogens (primary N) is 3. The third kappa shape index (κ3) is 0.601. The summed E-state index contributed by atoms with van der Waals surface area (Å²) in [6, 6.07) is 0. The average Bonchev–Trinajstić information content (AvgIpc) is 1.98. The van der Waals surface area contributed by atoms with E-state index in [0.717, 1.165) is 5.12 Å². The van der Waals surface area contributed by atoms with Gasteiger partial charge < -0.3 is 5.73 Å². The standard InChI is InChI=1S/C2H8N6/c3-2-6-1-7(4)8(2)5/h1,4-5H2,(H2,3,6). The molecule has 0 saturated heterocycles. The SMILES string of the molecule is NC1=NCN(N)N1N. The van der Waals surface area contributed by atoms with E-state index in [0.29, 0.717) is 6.67 Å². The molecule has 0 unspecified atom stereocenters. The van der Waals surface area contributed by atoms with E-state index in [1.165, 1.54) is 5.12 Å². The first kappa shape index (κ1) is 5.29. The second kappa shape index (κ2) is 1.58. The fraction of sp³-hybridized carbons (Fsp3) is 0.500. The Balaban J connectivity index is 2.59. The van der Waals surface area contributed by atoms with Gasteiger partial charge in [-0.1, -0.05) is 0 Å². The fourth-order valence-electron chi connectivity index (χ4n) is 0.417. The van der Waals surface area contributed by atoms with Crippen LogP contribution < -0.4 is 17.4 Å². The molecule has 0 amide bonds. The van der Waals surface area contributed by atoms with Gasteiger partial charge in [-0.3, -0.25) is 0 Å². The summed E-state index contributed by atoms with van der Waals surface area (Å²) in [5, 5.41) is 2.29. The Labute approximate surface area is 46.4 Å². The minimum absolute atomic E-state index is 0.243. The number of nitrogens with zero attached hydrogens (tertiary/aromatic N) is 3. The molecular weight excluding hydrogens is 108 g/mol. The monoisotopic (exact) mass is 116 g/mol. The van der Waals surface area contributed by atoms with Crippen LogP contribution >= 0.6 is 0 Å². The first-order valence-corrected chi connectivity index (χ1v) is 2.08. The van der Waals surface area contributed by atoms with Crippen LogP contribution in [0.3, 0.4) is 0 Å². The van der Waals surface area contributed by atoms with Crippen LogP contribution in [0.2, 0.25) is 0 Å². The molecule has 1 rings (SSSR count). The highest BCUT2D eigenvalue weighted by molar-refractivity contribution is 5.77. The summed E-state index contributed by atoms with van der Waals surface area (Å²) in [7, 11) is 0. The van der Waals surface area contributed by atoms with Crippen LogP contribution in [-0.2, 0) is 0 Å². The molecule has 46 valence electrons. The Morgan fingerprint density at radius 3 is 2.25 bits per heavy atom. The van der Waals surface area contributed by atoms with Crippen LogP contribution in [0, 0.1) is 0 Å². The summed E-state index contributed by atoms with van der Waals surface area (Å²) in [4.78, 5) is 3.69. The molecule has 0 aromatic heterocycles. The van der Waals surface area contributed by atoms with Crippen molar-refractivity contribution in [3.63, 3.8) is 0 Å². The van der Waals surface area contributed by atoms with E-state index in [9.17, 15) is 0 Å². The summed E-state index contributed by atoms with van der Waals surface area (Å²) in [6.07, 6.45) is 0. The van der Waals surface area contributed by atoms with Crippen LogP contribution in [0.5, 0.6) is 0 Å². The third-order valence-corrected chi connectivity index (χ3v) is 0.889. The summed E-state index contributed by atoms with van der Waals surface area (Å²) in [5.41, 5.74) is 5.20. The molecule has 0 fully saturated rings. The van der Waals surface area contributed by atoms with Crippen LogP contribution in [0.25, 0.3) is 0 Å². The van der Waals surface area contributed by atoms with Gasteiger partial charge in [0, 0.05) is 0 Å². The summed E-state index contributed by atoms with van der Waals surface area (Å²) in [6.45, 7) is 0.336. The lowest BCUT2D eigenvalue weighted by Crippen LogP contribution is -2.52. The highest BCUT2D eigenvalue weighted by Gasteiger charge is 2.15. The molecule has 0 bridgehead atoms. The molecule has 0 saturated carbocycles. The van der Waals surface area contributed by atoms with Gasteiger partial charge >= 0.3 is 0 Å². The van der Waals surface area contributed by atoms with Crippen molar-refractivity contribution >= 4 is 5.96 Å². The minimum Gasteiger partial charge on any atom is -0.368 e. The van der Waals surface area contributed by atoms with E-state index < -0.39 is 0 Å². The summed E-state index contributed by atoms with van der Waals surface area (Å²) in [5.74, 6) is 10.7. The molecule has 1 aliphatic heterocycles. The number of hydrogen-bond acceptors (Lipinski definition) is 6. The van der Waals surface area contributed by atoms with Gasteiger partial charge in [-0.15, -0.1) is 5.12 Å². The van der Waals surface area contributed by atoms with Crippen molar-refractivity contribution in [1.29, 1.82) is 0 Å². The van der Waals surface area contributed by atoms with Gasteiger partial charge in [0.2, 0.25) is 5.96 Å².